The van der Waals surface area contributed by atoms with Crippen LogP contribution in [0.1, 0.15) is 16.2 Å². The van der Waals surface area contributed by atoms with E-state index >= 15 is 0 Å². The summed E-state index contributed by atoms with van der Waals surface area (Å²) in [7, 11) is 0. The molecule has 134 valence electrons. The maximum atomic E-state index is 13.0. The molecule has 0 N–H and O–H groups in total. The summed E-state index contributed by atoms with van der Waals surface area (Å²) in [5.74, 6) is 0.489. The number of hydrogen-bond donors (Lipinski definition) is 0. The lowest BCUT2D eigenvalue weighted by Crippen LogP contribution is -2.48. The Hall–Kier alpha value is -2.93. The third-order valence-electron chi connectivity index (χ3n) is 4.42. The Morgan fingerprint density at radius 3 is 2.54 bits per heavy atom. The molecule has 0 atom stereocenters. The molecule has 0 aliphatic carbocycles. The second kappa shape index (κ2) is 7.13. The van der Waals surface area contributed by atoms with Gasteiger partial charge in [-0.15, -0.1) is 0 Å². The van der Waals surface area contributed by atoms with Crippen LogP contribution in [-0.4, -0.2) is 46.9 Å². The van der Waals surface area contributed by atoms with Crippen LogP contribution in [0.2, 0.25) is 0 Å². The van der Waals surface area contributed by atoms with Crippen LogP contribution in [0.5, 0.6) is 0 Å². The SMILES string of the molecule is O=C(c1ccco1)N1CCN(Cc2coc(-c3ccc(F)cc3)n2)CC1. The second-order valence-corrected chi connectivity index (χ2v) is 6.20. The molecule has 1 aliphatic heterocycles. The van der Waals surface area contributed by atoms with Crippen molar-refractivity contribution in [1.82, 2.24) is 14.8 Å². The van der Waals surface area contributed by atoms with Gasteiger partial charge < -0.3 is 13.7 Å². The predicted octanol–water partition coefficient (Wildman–Crippen LogP) is 3.03. The van der Waals surface area contributed by atoms with Crippen molar-refractivity contribution in [3.8, 4) is 11.5 Å². The van der Waals surface area contributed by atoms with Gasteiger partial charge in [0.1, 0.15) is 12.1 Å². The molecule has 2 aromatic heterocycles. The van der Waals surface area contributed by atoms with Gasteiger partial charge in [0.2, 0.25) is 5.89 Å². The lowest BCUT2D eigenvalue weighted by atomic mass is 10.2. The first-order valence-electron chi connectivity index (χ1n) is 8.44. The standard InChI is InChI=1S/C19H18FN3O3/c20-15-5-3-14(4-6-15)18-21-16(13-26-18)12-22-7-9-23(10-8-22)19(24)17-2-1-11-25-17/h1-6,11,13H,7-10,12H2. The van der Waals surface area contributed by atoms with E-state index in [-0.39, 0.29) is 11.7 Å². The monoisotopic (exact) mass is 355 g/mol. The molecule has 4 rings (SSSR count). The summed E-state index contributed by atoms with van der Waals surface area (Å²) in [6.45, 7) is 3.44. The number of halogens is 1. The van der Waals surface area contributed by atoms with E-state index in [1.165, 1.54) is 18.4 Å². The van der Waals surface area contributed by atoms with Crippen LogP contribution in [0, 0.1) is 5.82 Å². The van der Waals surface area contributed by atoms with E-state index in [0.717, 1.165) is 24.3 Å². The smallest absolute Gasteiger partial charge is 0.289 e. The zero-order valence-corrected chi connectivity index (χ0v) is 14.1. The van der Waals surface area contributed by atoms with E-state index < -0.39 is 0 Å². The van der Waals surface area contributed by atoms with Crippen LogP contribution < -0.4 is 0 Å². The Bertz CT molecular complexity index is 866. The van der Waals surface area contributed by atoms with Gasteiger partial charge in [-0.05, 0) is 36.4 Å². The number of piperazine rings is 1. The van der Waals surface area contributed by atoms with Crippen LogP contribution in [0.15, 0.2) is 57.8 Å². The molecule has 1 fully saturated rings. The Morgan fingerprint density at radius 2 is 1.85 bits per heavy atom. The van der Waals surface area contributed by atoms with Crippen molar-refractivity contribution in [2.24, 2.45) is 0 Å². The molecule has 0 saturated carbocycles. The molecular weight excluding hydrogens is 337 g/mol. The fourth-order valence-electron chi connectivity index (χ4n) is 3.00. The first-order valence-corrected chi connectivity index (χ1v) is 8.44. The molecule has 3 aromatic rings. The van der Waals surface area contributed by atoms with E-state index in [9.17, 15) is 9.18 Å². The molecule has 7 heteroatoms. The van der Waals surface area contributed by atoms with Crippen molar-refractivity contribution in [3.63, 3.8) is 0 Å². The van der Waals surface area contributed by atoms with Crippen molar-refractivity contribution in [1.29, 1.82) is 0 Å². The number of benzene rings is 1. The summed E-state index contributed by atoms with van der Waals surface area (Å²) in [6, 6.07) is 9.45. The second-order valence-electron chi connectivity index (χ2n) is 6.20. The van der Waals surface area contributed by atoms with Crippen LogP contribution in [0.4, 0.5) is 4.39 Å². The van der Waals surface area contributed by atoms with Crippen molar-refractivity contribution >= 4 is 5.91 Å². The van der Waals surface area contributed by atoms with Crippen LogP contribution in [0.3, 0.4) is 0 Å². The number of rotatable bonds is 4. The third-order valence-corrected chi connectivity index (χ3v) is 4.42. The molecule has 1 amide bonds. The lowest BCUT2D eigenvalue weighted by Gasteiger charge is -2.33. The Balaban J connectivity index is 1.33. The predicted molar refractivity (Wildman–Crippen MR) is 91.8 cm³/mol. The molecular formula is C19H18FN3O3. The van der Waals surface area contributed by atoms with E-state index in [4.69, 9.17) is 8.83 Å². The molecule has 1 aromatic carbocycles. The highest BCUT2D eigenvalue weighted by atomic mass is 19.1. The maximum absolute atomic E-state index is 13.0. The molecule has 3 heterocycles. The highest BCUT2D eigenvalue weighted by Crippen LogP contribution is 2.20. The van der Waals surface area contributed by atoms with E-state index in [0.29, 0.717) is 31.3 Å². The van der Waals surface area contributed by atoms with Crippen LogP contribution >= 0.6 is 0 Å². The van der Waals surface area contributed by atoms with Gasteiger partial charge in [0.15, 0.2) is 5.76 Å². The Labute approximate surface area is 149 Å². The molecule has 0 radical (unpaired) electrons. The molecule has 1 saturated heterocycles. The number of nitrogens with zero attached hydrogens (tertiary/aromatic N) is 3. The van der Waals surface area contributed by atoms with Gasteiger partial charge in [0.25, 0.3) is 5.91 Å². The molecule has 26 heavy (non-hydrogen) atoms. The van der Waals surface area contributed by atoms with E-state index in [1.54, 1.807) is 35.4 Å². The molecule has 0 bridgehead atoms. The summed E-state index contributed by atoms with van der Waals surface area (Å²) >= 11 is 0. The topological polar surface area (TPSA) is 62.7 Å². The van der Waals surface area contributed by atoms with E-state index in [1.807, 2.05) is 0 Å². The first-order chi connectivity index (χ1) is 12.7. The number of hydrogen-bond acceptors (Lipinski definition) is 5. The van der Waals surface area contributed by atoms with Crippen molar-refractivity contribution in [2.45, 2.75) is 6.54 Å². The zero-order chi connectivity index (χ0) is 17.9. The Kier molecular flexibility index (Phi) is 4.53. The van der Waals surface area contributed by atoms with Gasteiger partial charge >= 0.3 is 0 Å². The minimum absolute atomic E-state index is 0.0744. The quantitative estimate of drug-likeness (QED) is 0.720. The molecule has 1 aliphatic rings. The van der Waals surface area contributed by atoms with Gasteiger partial charge in [0.05, 0.1) is 12.0 Å². The maximum Gasteiger partial charge on any atom is 0.289 e. The van der Waals surface area contributed by atoms with E-state index in [2.05, 4.69) is 9.88 Å². The van der Waals surface area contributed by atoms with Crippen LogP contribution in [-0.2, 0) is 6.54 Å². The normalized spacial score (nSPS) is 15.3. The number of carbonyl (C=O) groups is 1. The Morgan fingerprint density at radius 1 is 1.08 bits per heavy atom. The third kappa shape index (κ3) is 3.52. The molecule has 0 unspecified atom stereocenters. The van der Waals surface area contributed by atoms with Crippen LogP contribution in [0.25, 0.3) is 11.5 Å². The lowest BCUT2D eigenvalue weighted by molar-refractivity contribution is 0.0596. The summed E-state index contributed by atoms with van der Waals surface area (Å²) in [5.41, 5.74) is 1.56. The minimum atomic E-state index is -0.289. The fourth-order valence-corrected chi connectivity index (χ4v) is 3.00. The highest BCUT2D eigenvalue weighted by molar-refractivity contribution is 5.91. The molecule has 6 nitrogen and oxygen atoms in total. The average molecular weight is 355 g/mol. The summed E-state index contributed by atoms with van der Waals surface area (Å²) < 4.78 is 23.7. The number of amides is 1. The summed E-state index contributed by atoms with van der Waals surface area (Å²) in [4.78, 5) is 20.8. The number of oxazole rings is 1. The summed E-state index contributed by atoms with van der Waals surface area (Å²) in [6.07, 6.45) is 3.13. The minimum Gasteiger partial charge on any atom is -0.459 e. The fraction of sp³-hybridized carbons (Fsp3) is 0.263. The van der Waals surface area contributed by atoms with Gasteiger partial charge in [-0.3, -0.25) is 9.69 Å². The van der Waals surface area contributed by atoms with Gasteiger partial charge in [-0.2, -0.15) is 0 Å². The van der Waals surface area contributed by atoms with Gasteiger partial charge in [-0.25, -0.2) is 9.37 Å². The highest BCUT2D eigenvalue weighted by Gasteiger charge is 2.24. The largest absolute Gasteiger partial charge is 0.459 e. The average Bonchev–Trinajstić information content (AvgIpc) is 3.35. The summed E-state index contributed by atoms with van der Waals surface area (Å²) in [5, 5.41) is 0. The number of carbonyl (C=O) groups excluding carboxylic acids is 1. The van der Waals surface area contributed by atoms with Crippen molar-refractivity contribution in [3.05, 3.63) is 66.2 Å². The molecule has 0 spiro atoms. The van der Waals surface area contributed by atoms with Gasteiger partial charge in [-0.1, -0.05) is 0 Å². The van der Waals surface area contributed by atoms with Gasteiger partial charge in [0, 0.05) is 38.3 Å². The van der Waals surface area contributed by atoms with Crippen molar-refractivity contribution in [2.75, 3.05) is 26.2 Å². The number of furan rings is 1. The zero-order valence-electron chi connectivity index (χ0n) is 14.1. The number of aromatic nitrogens is 1. The first kappa shape index (κ1) is 16.5. The van der Waals surface area contributed by atoms with Crippen molar-refractivity contribution < 1.29 is 18.0 Å².